The fourth-order valence-corrected chi connectivity index (χ4v) is 1.90. The van der Waals surface area contributed by atoms with Gasteiger partial charge in [-0.15, -0.1) is 0 Å². The minimum atomic E-state index is -1.42. The Bertz CT molecular complexity index is 486. The smallest absolute Gasteiger partial charge is 0.326 e. The Morgan fingerprint density at radius 1 is 1.15 bits per heavy atom. The fourth-order valence-electron chi connectivity index (χ4n) is 1.90. The summed E-state index contributed by atoms with van der Waals surface area (Å²) in [6.45, 7) is 1.81. The van der Waals surface area contributed by atoms with E-state index in [0.717, 1.165) is 5.56 Å². The average molecular weight is 279 g/mol. The molecule has 1 rings (SSSR count). The van der Waals surface area contributed by atoms with Crippen molar-refractivity contribution in [3.63, 3.8) is 0 Å². The molecule has 6 heteroatoms. The molecule has 0 heterocycles. The van der Waals surface area contributed by atoms with Gasteiger partial charge in [-0.2, -0.15) is 0 Å². The van der Waals surface area contributed by atoms with Gasteiger partial charge in [0.05, 0.1) is 12.3 Å². The summed E-state index contributed by atoms with van der Waals surface area (Å²) in [5.74, 6) is -3.60. The highest BCUT2D eigenvalue weighted by atomic mass is 16.4. The zero-order valence-electron chi connectivity index (χ0n) is 11.1. The third kappa shape index (κ3) is 4.38. The summed E-state index contributed by atoms with van der Waals surface area (Å²) in [5.41, 5.74) is 0.770. The number of hydrogen-bond donors (Lipinski definition) is 3. The Hall–Kier alpha value is -2.37. The second kappa shape index (κ2) is 7.28. The summed E-state index contributed by atoms with van der Waals surface area (Å²) in [4.78, 5) is 33.6. The molecule has 108 valence electrons. The molecule has 0 saturated heterocycles. The number of carbonyl (C=O) groups excluding carboxylic acids is 1. The van der Waals surface area contributed by atoms with E-state index in [2.05, 4.69) is 5.32 Å². The first-order valence-corrected chi connectivity index (χ1v) is 6.25. The predicted molar refractivity (Wildman–Crippen MR) is 71.3 cm³/mol. The number of amides is 1. The Morgan fingerprint density at radius 3 is 2.20 bits per heavy atom. The van der Waals surface area contributed by atoms with E-state index in [1.807, 2.05) is 13.0 Å². The van der Waals surface area contributed by atoms with Gasteiger partial charge in [-0.05, 0) is 12.0 Å². The number of carboxylic acids is 2. The molecule has 0 bridgehead atoms. The van der Waals surface area contributed by atoms with E-state index >= 15 is 0 Å². The minimum Gasteiger partial charge on any atom is -0.481 e. The van der Waals surface area contributed by atoms with Gasteiger partial charge >= 0.3 is 11.9 Å². The number of aliphatic carboxylic acids is 2. The SMILES string of the molecule is CCC(C(=O)N[C@@H](CC(=O)O)C(=O)O)c1ccccc1. The number of carboxylic acid groups (broad SMARTS) is 2. The topological polar surface area (TPSA) is 104 Å². The number of benzene rings is 1. The van der Waals surface area contributed by atoms with Crippen molar-refractivity contribution in [3.05, 3.63) is 35.9 Å². The predicted octanol–water partition coefficient (Wildman–Crippen LogP) is 1.22. The fraction of sp³-hybridized carbons (Fsp3) is 0.357. The Labute approximate surface area is 116 Å². The third-order valence-electron chi connectivity index (χ3n) is 2.92. The Balaban J connectivity index is 2.81. The molecule has 0 aliphatic heterocycles. The van der Waals surface area contributed by atoms with Crippen molar-refractivity contribution in [2.45, 2.75) is 31.7 Å². The van der Waals surface area contributed by atoms with Gasteiger partial charge in [0.15, 0.2) is 0 Å². The zero-order valence-corrected chi connectivity index (χ0v) is 11.1. The molecule has 0 aliphatic rings. The maximum Gasteiger partial charge on any atom is 0.326 e. The van der Waals surface area contributed by atoms with Crippen molar-refractivity contribution in [2.24, 2.45) is 0 Å². The normalized spacial score (nSPS) is 13.2. The first-order chi connectivity index (χ1) is 9.45. The highest BCUT2D eigenvalue weighted by Crippen LogP contribution is 2.19. The van der Waals surface area contributed by atoms with Gasteiger partial charge in [0, 0.05) is 0 Å². The highest BCUT2D eigenvalue weighted by molar-refractivity contribution is 5.90. The van der Waals surface area contributed by atoms with E-state index in [1.165, 1.54) is 0 Å². The van der Waals surface area contributed by atoms with Crippen LogP contribution in [-0.2, 0) is 14.4 Å². The number of carbonyl (C=O) groups is 3. The lowest BCUT2D eigenvalue weighted by Gasteiger charge is -2.18. The highest BCUT2D eigenvalue weighted by Gasteiger charge is 2.27. The quantitative estimate of drug-likeness (QED) is 0.696. The van der Waals surface area contributed by atoms with Crippen molar-refractivity contribution in [1.82, 2.24) is 5.32 Å². The first-order valence-electron chi connectivity index (χ1n) is 6.25. The van der Waals surface area contributed by atoms with Crippen LogP contribution in [0, 0.1) is 0 Å². The number of rotatable bonds is 7. The number of nitrogens with one attached hydrogen (secondary N) is 1. The summed E-state index contributed by atoms with van der Waals surface area (Å²) in [6, 6.07) is 7.53. The maximum absolute atomic E-state index is 12.1. The molecular weight excluding hydrogens is 262 g/mol. The third-order valence-corrected chi connectivity index (χ3v) is 2.92. The molecule has 0 aliphatic carbocycles. The molecule has 0 radical (unpaired) electrons. The molecule has 0 aromatic heterocycles. The van der Waals surface area contributed by atoms with Gasteiger partial charge in [0.25, 0.3) is 0 Å². The van der Waals surface area contributed by atoms with Crippen LogP contribution in [0.25, 0.3) is 0 Å². The van der Waals surface area contributed by atoms with Crippen molar-refractivity contribution in [1.29, 1.82) is 0 Å². The van der Waals surface area contributed by atoms with Crippen LogP contribution >= 0.6 is 0 Å². The van der Waals surface area contributed by atoms with E-state index in [4.69, 9.17) is 10.2 Å². The summed E-state index contributed by atoms with van der Waals surface area (Å²) >= 11 is 0. The lowest BCUT2D eigenvalue weighted by Crippen LogP contribution is -2.44. The summed E-state index contributed by atoms with van der Waals surface area (Å²) < 4.78 is 0. The van der Waals surface area contributed by atoms with Crippen molar-refractivity contribution in [3.8, 4) is 0 Å². The van der Waals surface area contributed by atoms with Crippen LogP contribution in [0.2, 0.25) is 0 Å². The molecule has 1 aromatic rings. The van der Waals surface area contributed by atoms with E-state index in [1.54, 1.807) is 24.3 Å². The van der Waals surface area contributed by atoms with Crippen LogP contribution in [0.4, 0.5) is 0 Å². The molecule has 1 amide bonds. The standard InChI is InChI=1S/C14H17NO5/c1-2-10(9-6-4-3-5-7-9)13(18)15-11(14(19)20)8-12(16)17/h3-7,10-11H,2,8H2,1H3,(H,15,18)(H,16,17)(H,19,20)/t10?,11-/m0/s1. The largest absolute Gasteiger partial charge is 0.481 e. The van der Waals surface area contributed by atoms with Crippen LogP contribution < -0.4 is 5.32 Å². The number of hydrogen-bond acceptors (Lipinski definition) is 3. The molecule has 2 atom stereocenters. The first kappa shape index (κ1) is 15.7. The summed E-state index contributed by atoms with van der Waals surface area (Å²) in [6.07, 6.45) is -0.151. The molecule has 1 unspecified atom stereocenters. The van der Waals surface area contributed by atoms with Gasteiger partial charge < -0.3 is 15.5 Å². The molecule has 0 saturated carbocycles. The second-order valence-electron chi connectivity index (χ2n) is 4.37. The minimum absolute atomic E-state index is 0.479. The van der Waals surface area contributed by atoms with Crippen LogP contribution in [0.3, 0.4) is 0 Å². The molecule has 6 nitrogen and oxygen atoms in total. The van der Waals surface area contributed by atoms with Crippen molar-refractivity contribution >= 4 is 17.8 Å². The van der Waals surface area contributed by atoms with Gasteiger partial charge in [0.1, 0.15) is 6.04 Å². The van der Waals surface area contributed by atoms with Crippen molar-refractivity contribution < 1.29 is 24.6 Å². The lowest BCUT2D eigenvalue weighted by molar-refractivity contribution is -0.147. The molecule has 20 heavy (non-hydrogen) atoms. The van der Waals surface area contributed by atoms with Crippen LogP contribution in [0.1, 0.15) is 31.2 Å². The van der Waals surface area contributed by atoms with E-state index < -0.39 is 36.2 Å². The average Bonchev–Trinajstić information content (AvgIpc) is 2.39. The molecule has 0 spiro atoms. The summed E-state index contributed by atoms with van der Waals surface area (Å²) in [7, 11) is 0. The van der Waals surface area contributed by atoms with Gasteiger partial charge in [0.2, 0.25) is 5.91 Å². The lowest BCUT2D eigenvalue weighted by atomic mass is 9.95. The second-order valence-corrected chi connectivity index (χ2v) is 4.37. The molecule has 1 aromatic carbocycles. The van der Waals surface area contributed by atoms with Gasteiger partial charge in [-0.3, -0.25) is 9.59 Å². The van der Waals surface area contributed by atoms with Crippen LogP contribution in [-0.4, -0.2) is 34.1 Å². The Morgan fingerprint density at radius 2 is 1.75 bits per heavy atom. The summed E-state index contributed by atoms with van der Waals surface area (Å²) in [5, 5.41) is 19.8. The van der Waals surface area contributed by atoms with Crippen molar-refractivity contribution in [2.75, 3.05) is 0 Å². The molecular formula is C14H17NO5. The van der Waals surface area contributed by atoms with E-state index in [9.17, 15) is 14.4 Å². The van der Waals surface area contributed by atoms with Gasteiger partial charge in [-0.25, -0.2) is 4.79 Å². The van der Waals surface area contributed by atoms with Gasteiger partial charge in [-0.1, -0.05) is 37.3 Å². The monoisotopic (exact) mass is 279 g/mol. The molecule has 0 fully saturated rings. The van der Waals surface area contributed by atoms with Crippen LogP contribution in [0.15, 0.2) is 30.3 Å². The Kier molecular flexibility index (Phi) is 5.71. The van der Waals surface area contributed by atoms with Crippen LogP contribution in [0.5, 0.6) is 0 Å². The molecule has 3 N–H and O–H groups in total. The van der Waals surface area contributed by atoms with E-state index in [0.29, 0.717) is 6.42 Å². The zero-order chi connectivity index (χ0) is 15.1. The maximum atomic E-state index is 12.1. The van der Waals surface area contributed by atoms with E-state index in [-0.39, 0.29) is 0 Å².